The highest BCUT2D eigenvalue weighted by molar-refractivity contribution is 7.10. The number of anilines is 1. The number of hydrogen-bond donors (Lipinski definition) is 0. The van der Waals surface area contributed by atoms with E-state index in [4.69, 9.17) is 0 Å². The number of non-ortho nitro benzene ring substituents is 1. The Morgan fingerprint density at radius 1 is 1.00 bits per heavy atom. The van der Waals surface area contributed by atoms with E-state index in [9.17, 15) is 14.9 Å². The van der Waals surface area contributed by atoms with Crippen molar-refractivity contribution in [1.29, 1.82) is 0 Å². The summed E-state index contributed by atoms with van der Waals surface area (Å²) in [5.41, 5.74) is 2.25. The third-order valence-corrected chi connectivity index (χ3v) is 4.88. The van der Waals surface area contributed by atoms with Gasteiger partial charge in [0.05, 0.1) is 16.2 Å². The normalized spacial score (nSPS) is 15.3. The van der Waals surface area contributed by atoms with Gasteiger partial charge in [0, 0.05) is 22.6 Å². The maximum absolute atomic E-state index is 13.0. The highest BCUT2D eigenvalue weighted by Crippen LogP contribution is 2.29. The topological polar surface area (TPSA) is 75.8 Å². The zero-order chi connectivity index (χ0) is 18.8. The number of carbonyl (C=O) groups is 1. The molecule has 0 unspecified atom stereocenters. The third kappa shape index (κ3) is 3.28. The smallest absolute Gasteiger partial charge is 0.267 e. The molecule has 0 N–H and O–H groups in total. The van der Waals surface area contributed by atoms with Crippen molar-refractivity contribution in [2.75, 3.05) is 5.01 Å². The van der Waals surface area contributed by atoms with Gasteiger partial charge in [-0.15, -0.1) is 11.3 Å². The first-order chi connectivity index (χ1) is 13.1. The first-order valence-corrected chi connectivity index (χ1v) is 9.00. The van der Waals surface area contributed by atoms with Gasteiger partial charge in [0.2, 0.25) is 0 Å². The summed E-state index contributed by atoms with van der Waals surface area (Å²) in [5, 5.41) is 18.7. The number of thiophene rings is 1. The number of rotatable bonds is 4. The fourth-order valence-electron chi connectivity index (χ4n) is 2.76. The summed E-state index contributed by atoms with van der Waals surface area (Å²) >= 11 is 1.52. The van der Waals surface area contributed by atoms with Gasteiger partial charge in [-0.05, 0) is 41.8 Å². The number of hydrazone groups is 1. The number of nitro benzene ring substituents is 1. The largest absolute Gasteiger partial charge is 0.281 e. The molecular weight excluding hydrogens is 362 g/mol. The zero-order valence-corrected chi connectivity index (χ0v) is 14.8. The molecule has 1 aliphatic heterocycles. The monoisotopic (exact) mass is 375 g/mol. The molecule has 1 aromatic heterocycles. The van der Waals surface area contributed by atoms with Crippen LogP contribution in [0.15, 0.2) is 82.8 Å². The lowest BCUT2D eigenvalue weighted by Crippen LogP contribution is -2.21. The summed E-state index contributed by atoms with van der Waals surface area (Å²) in [7, 11) is 0. The van der Waals surface area contributed by atoms with Gasteiger partial charge in [-0.2, -0.15) is 10.1 Å². The minimum Gasteiger partial charge on any atom is -0.267 e. The SMILES string of the molecule is O=C1/C(=C\c2cccs2)C(c2ccc([N+](=O)[O-])cc2)=NN1c1ccccc1. The van der Waals surface area contributed by atoms with Crippen LogP contribution in [0.2, 0.25) is 0 Å². The number of para-hydroxylation sites is 1. The number of nitro groups is 1. The minimum atomic E-state index is -0.454. The van der Waals surface area contributed by atoms with Gasteiger partial charge in [-0.1, -0.05) is 24.3 Å². The maximum Gasteiger partial charge on any atom is 0.281 e. The Kier molecular flexibility index (Phi) is 4.35. The average Bonchev–Trinajstić information content (AvgIpc) is 3.32. The summed E-state index contributed by atoms with van der Waals surface area (Å²) in [6, 6.07) is 19.0. The Bertz CT molecular complexity index is 1060. The Morgan fingerprint density at radius 3 is 2.37 bits per heavy atom. The summed E-state index contributed by atoms with van der Waals surface area (Å²) in [5.74, 6) is -0.233. The molecule has 1 amide bonds. The third-order valence-electron chi connectivity index (χ3n) is 4.06. The molecule has 0 saturated carbocycles. The average molecular weight is 375 g/mol. The molecule has 0 saturated heterocycles. The van der Waals surface area contributed by atoms with E-state index in [0.717, 1.165) is 4.88 Å². The first kappa shape index (κ1) is 16.9. The number of hydrogen-bond acceptors (Lipinski definition) is 5. The first-order valence-electron chi connectivity index (χ1n) is 8.12. The van der Waals surface area contributed by atoms with E-state index >= 15 is 0 Å². The molecule has 0 atom stereocenters. The molecule has 0 radical (unpaired) electrons. The molecule has 0 bridgehead atoms. The maximum atomic E-state index is 13.0. The highest BCUT2D eigenvalue weighted by atomic mass is 32.1. The summed E-state index contributed by atoms with van der Waals surface area (Å²) in [4.78, 5) is 24.4. The standard InChI is InChI=1S/C20H13N3O3S/c24-20-18(13-17-7-4-12-27-17)19(14-8-10-16(11-9-14)23(25)26)21-22(20)15-5-2-1-3-6-15/h1-13H/b18-13-. The fourth-order valence-corrected chi connectivity index (χ4v) is 3.42. The van der Waals surface area contributed by atoms with Crippen LogP contribution >= 0.6 is 11.3 Å². The van der Waals surface area contributed by atoms with Crippen molar-refractivity contribution >= 4 is 40.4 Å². The van der Waals surface area contributed by atoms with Gasteiger partial charge < -0.3 is 0 Å². The van der Waals surface area contributed by atoms with Gasteiger partial charge in [0.1, 0.15) is 5.71 Å². The lowest BCUT2D eigenvalue weighted by atomic mass is 10.0. The molecule has 7 heteroatoms. The Hall–Kier alpha value is -3.58. The molecule has 1 aliphatic rings. The number of amides is 1. The van der Waals surface area contributed by atoms with E-state index in [2.05, 4.69) is 5.10 Å². The van der Waals surface area contributed by atoms with Crippen molar-refractivity contribution in [1.82, 2.24) is 0 Å². The molecule has 2 aromatic carbocycles. The summed E-state index contributed by atoms with van der Waals surface area (Å²) in [6.07, 6.45) is 1.80. The molecule has 6 nitrogen and oxygen atoms in total. The zero-order valence-electron chi connectivity index (χ0n) is 14.0. The van der Waals surface area contributed by atoms with E-state index < -0.39 is 4.92 Å². The fraction of sp³-hybridized carbons (Fsp3) is 0. The molecule has 0 fully saturated rings. The van der Waals surface area contributed by atoms with Crippen LogP contribution in [0.25, 0.3) is 6.08 Å². The Labute approximate surface area is 158 Å². The predicted octanol–water partition coefficient (Wildman–Crippen LogP) is 4.49. The van der Waals surface area contributed by atoms with Gasteiger partial charge in [0.15, 0.2) is 0 Å². The van der Waals surface area contributed by atoms with Crippen molar-refractivity contribution in [3.05, 3.63) is 98.2 Å². The molecule has 3 aromatic rings. The molecule has 27 heavy (non-hydrogen) atoms. The molecule has 0 aliphatic carbocycles. The second-order valence-electron chi connectivity index (χ2n) is 5.78. The molecule has 2 heterocycles. The van der Waals surface area contributed by atoms with Crippen LogP contribution in [0.4, 0.5) is 11.4 Å². The molecule has 0 spiro atoms. The van der Waals surface area contributed by atoms with Crippen LogP contribution in [-0.2, 0) is 4.79 Å². The second kappa shape index (κ2) is 6.97. The Morgan fingerprint density at radius 2 is 1.74 bits per heavy atom. The van der Waals surface area contributed by atoms with Crippen molar-refractivity contribution in [3.8, 4) is 0 Å². The van der Waals surface area contributed by atoms with Gasteiger partial charge in [-0.3, -0.25) is 14.9 Å². The number of nitrogens with zero attached hydrogens (tertiary/aromatic N) is 3. The summed E-state index contributed by atoms with van der Waals surface area (Å²) in [6.45, 7) is 0. The van der Waals surface area contributed by atoms with Crippen LogP contribution in [0.5, 0.6) is 0 Å². The number of carbonyl (C=O) groups excluding carboxylic acids is 1. The van der Waals surface area contributed by atoms with Crippen LogP contribution in [0.3, 0.4) is 0 Å². The molecule has 4 rings (SSSR count). The van der Waals surface area contributed by atoms with Crippen molar-refractivity contribution in [2.45, 2.75) is 0 Å². The van der Waals surface area contributed by atoms with Crippen molar-refractivity contribution in [2.24, 2.45) is 5.10 Å². The van der Waals surface area contributed by atoms with Crippen molar-refractivity contribution < 1.29 is 9.72 Å². The lowest BCUT2D eigenvalue weighted by Gasteiger charge is -2.10. The van der Waals surface area contributed by atoms with Crippen molar-refractivity contribution in [3.63, 3.8) is 0 Å². The van der Waals surface area contributed by atoms with Gasteiger partial charge >= 0.3 is 0 Å². The Balaban J connectivity index is 1.81. The van der Waals surface area contributed by atoms with Gasteiger partial charge in [0.25, 0.3) is 11.6 Å². The van der Waals surface area contributed by atoms with Crippen LogP contribution in [-0.4, -0.2) is 16.5 Å². The van der Waals surface area contributed by atoms with E-state index in [1.807, 2.05) is 47.8 Å². The minimum absolute atomic E-state index is 0.00706. The molecular formula is C20H13N3O3S. The van der Waals surface area contributed by atoms with E-state index in [1.54, 1.807) is 18.2 Å². The van der Waals surface area contributed by atoms with Crippen LogP contribution < -0.4 is 5.01 Å². The van der Waals surface area contributed by atoms with E-state index in [0.29, 0.717) is 22.5 Å². The highest BCUT2D eigenvalue weighted by Gasteiger charge is 2.32. The van der Waals surface area contributed by atoms with Crippen LogP contribution in [0.1, 0.15) is 10.4 Å². The van der Waals surface area contributed by atoms with Crippen LogP contribution in [0, 0.1) is 10.1 Å². The number of benzene rings is 2. The summed E-state index contributed by atoms with van der Waals surface area (Å²) < 4.78 is 0. The van der Waals surface area contributed by atoms with E-state index in [-0.39, 0.29) is 11.6 Å². The lowest BCUT2D eigenvalue weighted by molar-refractivity contribution is -0.384. The van der Waals surface area contributed by atoms with E-state index in [1.165, 1.54) is 28.5 Å². The quantitative estimate of drug-likeness (QED) is 0.383. The molecule has 132 valence electrons. The predicted molar refractivity (Wildman–Crippen MR) is 106 cm³/mol. The second-order valence-corrected chi connectivity index (χ2v) is 6.76. The van der Waals surface area contributed by atoms with Gasteiger partial charge in [-0.25, -0.2) is 0 Å².